The van der Waals surface area contributed by atoms with E-state index < -0.39 is 10.0 Å². The number of nitrogens with one attached hydrogen (secondary N) is 1. The highest BCUT2D eigenvalue weighted by Crippen LogP contribution is 2.23. The molecule has 0 atom stereocenters. The predicted molar refractivity (Wildman–Crippen MR) is 97.3 cm³/mol. The van der Waals surface area contributed by atoms with Gasteiger partial charge in [0.05, 0.1) is 38.2 Å². The van der Waals surface area contributed by atoms with Crippen LogP contribution in [0, 0.1) is 6.92 Å². The molecule has 0 spiro atoms. The fourth-order valence-corrected chi connectivity index (χ4v) is 4.79. The van der Waals surface area contributed by atoms with Gasteiger partial charge >= 0.3 is 0 Å². The molecule has 2 aromatic rings. The van der Waals surface area contributed by atoms with Crippen molar-refractivity contribution in [2.75, 3.05) is 33.3 Å². The molecule has 0 saturated carbocycles. The molecule has 0 aromatic heterocycles. The van der Waals surface area contributed by atoms with Crippen molar-refractivity contribution in [3.05, 3.63) is 59.7 Å². The van der Waals surface area contributed by atoms with E-state index in [0.717, 1.165) is 25.2 Å². The van der Waals surface area contributed by atoms with Crippen LogP contribution in [-0.4, -0.2) is 46.0 Å². The van der Waals surface area contributed by atoms with E-state index in [2.05, 4.69) is 12.1 Å². The van der Waals surface area contributed by atoms with Crippen LogP contribution in [0.15, 0.2) is 53.4 Å². The summed E-state index contributed by atoms with van der Waals surface area (Å²) >= 11 is 0. The second-order valence-electron chi connectivity index (χ2n) is 6.45. The molecule has 1 saturated heterocycles. The van der Waals surface area contributed by atoms with Crippen molar-refractivity contribution in [2.45, 2.75) is 18.4 Å². The molecule has 2 aromatic carbocycles. The number of hydrogen-bond donors (Lipinski definition) is 1. The third-order valence-electron chi connectivity index (χ3n) is 4.73. The van der Waals surface area contributed by atoms with Gasteiger partial charge in [0, 0.05) is 5.56 Å². The third-order valence-corrected chi connectivity index (χ3v) is 6.63. The van der Waals surface area contributed by atoms with Gasteiger partial charge < -0.3 is 9.64 Å². The van der Waals surface area contributed by atoms with Crippen molar-refractivity contribution in [3.8, 4) is 5.75 Å². The molecule has 0 aliphatic carbocycles. The van der Waals surface area contributed by atoms with E-state index in [9.17, 15) is 8.42 Å². The average molecular weight is 361 g/mol. The molecule has 1 heterocycles. The molecule has 1 fully saturated rings. The van der Waals surface area contributed by atoms with E-state index in [-0.39, 0.29) is 0 Å². The minimum atomic E-state index is -3.44. The summed E-state index contributed by atoms with van der Waals surface area (Å²) in [7, 11) is -1.85. The van der Waals surface area contributed by atoms with Crippen molar-refractivity contribution in [1.29, 1.82) is 0 Å². The molecular weight excluding hydrogens is 336 g/mol. The van der Waals surface area contributed by atoms with Crippen molar-refractivity contribution in [1.82, 2.24) is 4.31 Å². The van der Waals surface area contributed by atoms with Crippen molar-refractivity contribution >= 4 is 10.0 Å². The topological polar surface area (TPSA) is 51.1 Å². The second-order valence-corrected chi connectivity index (χ2v) is 8.39. The minimum absolute atomic E-state index is 0.345. The lowest BCUT2D eigenvalue weighted by Crippen LogP contribution is -3.13. The lowest BCUT2D eigenvalue weighted by molar-refractivity contribution is -0.917. The smallest absolute Gasteiger partial charge is 0.243 e. The van der Waals surface area contributed by atoms with Crippen molar-refractivity contribution in [3.63, 3.8) is 0 Å². The van der Waals surface area contributed by atoms with Gasteiger partial charge in [0.2, 0.25) is 10.0 Å². The summed E-state index contributed by atoms with van der Waals surface area (Å²) in [5.41, 5.74) is 2.12. The maximum absolute atomic E-state index is 12.9. The summed E-state index contributed by atoms with van der Waals surface area (Å²) in [5.74, 6) is 0.705. The van der Waals surface area contributed by atoms with Crippen LogP contribution in [0.3, 0.4) is 0 Å². The monoisotopic (exact) mass is 361 g/mol. The molecule has 134 valence electrons. The maximum atomic E-state index is 12.9. The first-order valence-corrected chi connectivity index (χ1v) is 9.97. The highest BCUT2D eigenvalue weighted by Gasteiger charge is 2.30. The number of methoxy groups -OCH3 is 1. The maximum Gasteiger partial charge on any atom is 0.243 e. The van der Waals surface area contributed by atoms with E-state index in [1.165, 1.54) is 10.5 Å². The van der Waals surface area contributed by atoms with Crippen LogP contribution in [0.1, 0.15) is 11.1 Å². The largest absolute Gasteiger partial charge is 0.496 e. The number of ether oxygens (including phenoxy) is 1. The fourth-order valence-electron chi connectivity index (χ4n) is 3.26. The molecule has 0 amide bonds. The van der Waals surface area contributed by atoms with Crippen LogP contribution in [0.2, 0.25) is 0 Å². The van der Waals surface area contributed by atoms with E-state index in [0.29, 0.717) is 23.7 Å². The van der Waals surface area contributed by atoms with Crippen molar-refractivity contribution < 1.29 is 18.1 Å². The molecule has 6 heteroatoms. The number of sulfonamides is 1. The molecule has 0 bridgehead atoms. The first-order chi connectivity index (χ1) is 12.0. The SMILES string of the molecule is COc1ccc(S(=O)(=O)N2CC[NH+](Cc3ccccc3)CC2)cc1C. The highest BCUT2D eigenvalue weighted by molar-refractivity contribution is 7.89. The Balaban J connectivity index is 1.66. The Bertz CT molecular complexity index is 814. The number of aryl methyl sites for hydroxylation is 1. The van der Waals surface area contributed by atoms with Crippen LogP contribution in [0.4, 0.5) is 0 Å². The molecular formula is C19H25N2O3S+. The number of benzene rings is 2. The Morgan fingerprint density at radius 2 is 1.76 bits per heavy atom. The number of nitrogens with zero attached hydrogens (tertiary/aromatic N) is 1. The van der Waals surface area contributed by atoms with Gasteiger partial charge in [-0.25, -0.2) is 8.42 Å². The Kier molecular flexibility index (Phi) is 5.42. The summed E-state index contributed by atoms with van der Waals surface area (Å²) in [4.78, 5) is 1.76. The van der Waals surface area contributed by atoms with Crippen LogP contribution in [0.5, 0.6) is 5.75 Å². The summed E-state index contributed by atoms with van der Waals surface area (Å²) in [6.07, 6.45) is 0. The minimum Gasteiger partial charge on any atom is -0.496 e. The average Bonchev–Trinajstić information content (AvgIpc) is 2.63. The van der Waals surface area contributed by atoms with E-state index in [1.807, 2.05) is 25.1 Å². The van der Waals surface area contributed by atoms with Gasteiger partial charge in [0.1, 0.15) is 12.3 Å². The quantitative estimate of drug-likeness (QED) is 0.868. The zero-order valence-electron chi connectivity index (χ0n) is 14.7. The Hall–Kier alpha value is -1.89. The lowest BCUT2D eigenvalue weighted by Gasteiger charge is -2.31. The number of rotatable bonds is 5. The number of piperazine rings is 1. The second kappa shape index (κ2) is 7.56. The van der Waals surface area contributed by atoms with Gasteiger partial charge in [-0.2, -0.15) is 4.31 Å². The Morgan fingerprint density at radius 3 is 2.36 bits per heavy atom. The van der Waals surface area contributed by atoms with Crippen molar-refractivity contribution in [2.24, 2.45) is 0 Å². The Morgan fingerprint density at radius 1 is 1.08 bits per heavy atom. The van der Waals surface area contributed by atoms with E-state index in [4.69, 9.17) is 4.74 Å². The summed E-state index contributed by atoms with van der Waals surface area (Å²) < 4.78 is 32.6. The van der Waals surface area contributed by atoms with Gasteiger partial charge in [-0.1, -0.05) is 30.3 Å². The van der Waals surface area contributed by atoms with E-state index >= 15 is 0 Å². The number of quaternary nitrogens is 1. The molecule has 3 rings (SSSR count). The first-order valence-electron chi connectivity index (χ1n) is 8.53. The molecule has 1 N–H and O–H groups in total. The standard InChI is InChI=1S/C19H24N2O3S/c1-16-14-18(8-9-19(16)24-2)25(22,23)21-12-10-20(11-13-21)15-17-6-4-3-5-7-17/h3-9,14H,10-13,15H2,1-2H3/p+1. The van der Waals surface area contributed by atoms with Gasteiger partial charge in [-0.15, -0.1) is 0 Å². The highest BCUT2D eigenvalue weighted by atomic mass is 32.2. The van der Waals surface area contributed by atoms with Crippen LogP contribution < -0.4 is 9.64 Å². The molecule has 1 aliphatic rings. The fraction of sp³-hybridized carbons (Fsp3) is 0.368. The predicted octanol–water partition coefficient (Wildman–Crippen LogP) is 1.09. The van der Waals surface area contributed by atoms with Gasteiger partial charge in [-0.05, 0) is 30.7 Å². The zero-order valence-corrected chi connectivity index (χ0v) is 15.6. The van der Waals surface area contributed by atoms with Gasteiger partial charge in [-0.3, -0.25) is 0 Å². The zero-order chi connectivity index (χ0) is 17.9. The third kappa shape index (κ3) is 4.03. The summed E-state index contributed by atoms with van der Waals surface area (Å²) in [6, 6.07) is 15.4. The molecule has 5 nitrogen and oxygen atoms in total. The van der Waals surface area contributed by atoms with Gasteiger partial charge in [0.15, 0.2) is 0 Å². The first kappa shape index (κ1) is 17.9. The van der Waals surface area contributed by atoms with Crippen LogP contribution in [-0.2, 0) is 16.6 Å². The molecule has 0 unspecified atom stereocenters. The molecule has 25 heavy (non-hydrogen) atoms. The van der Waals surface area contributed by atoms with Crippen LogP contribution >= 0.6 is 0 Å². The summed E-state index contributed by atoms with van der Waals surface area (Å²) in [6.45, 7) is 5.55. The normalized spacial score (nSPS) is 16.7. The number of hydrogen-bond acceptors (Lipinski definition) is 3. The molecule has 0 radical (unpaired) electrons. The lowest BCUT2D eigenvalue weighted by atomic mass is 10.2. The summed E-state index contributed by atoms with van der Waals surface area (Å²) in [5, 5.41) is 0. The van der Waals surface area contributed by atoms with E-state index in [1.54, 1.807) is 29.6 Å². The van der Waals surface area contributed by atoms with Gasteiger partial charge in [0.25, 0.3) is 0 Å². The Labute approximate surface area is 149 Å². The van der Waals surface area contributed by atoms with Crippen LogP contribution in [0.25, 0.3) is 0 Å². The molecule has 1 aliphatic heterocycles.